The van der Waals surface area contributed by atoms with Crippen LogP contribution in [0.5, 0.6) is 0 Å². The number of benzene rings is 1. The minimum absolute atomic E-state index is 0.112. The zero-order valence-electron chi connectivity index (χ0n) is 9.64. The summed E-state index contributed by atoms with van der Waals surface area (Å²) >= 11 is 5.64. The van der Waals surface area contributed by atoms with E-state index in [0.717, 1.165) is 14.0 Å². The molecule has 1 rings (SSSR count). The molecule has 0 unspecified atom stereocenters. The summed E-state index contributed by atoms with van der Waals surface area (Å²) in [6.07, 6.45) is -4.59. The number of esters is 1. The van der Waals surface area contributed by atoms with E-state index in [4.69, 9.17) is 11.6 Å². The maximum atomic E-state index is 12.7. The second-order valence-electron chi connectivity index (χ2n) is 3.50. The van der Waals surface area contributed by atoms with Crippen LogP contribution in [0.25, 0.3) is 5.57 Å². The lowest BCUT2D eigenvalue weighted by Gasteiger charge is -2.13. The molecule has 0 aliphatic heterocycles. The number of rotatable bonds is 2. The molecule has 0 heterocycles. The van der Waals surface area contributed by atoms with Gasteiger partial charge in [-0.05, 0) is 24.6 Å². The van der Waals surface area contributed by atoms with Gasteiger partial charge in [0.05, 0.1) is 12.7 Å². The van der Waals surface area contributed by atoms with Gasteiger partial charge in [0.25, 0.3) is 0 Å². The van der Waals surface area contributed by atoms with Gasteiger partial charge in [-0.3, -0.25) is 0 Å². The minimum atomic E-state index is -4.59. The van der Waals surface area contributed by atoms with Gasteiger partial charge in [-0.2, -0.15) is 13.2 Å². The quantitative estimate of drug-likeness (QED) is 0.607. The van der Waals surface area contributed by atoms with Crippen molar-refractivity contribution in [2.24, 2.45) is 0 Å². The van der Waals surface area contributed by atoms with Crippen LogP contribution in [0.1, 0.15) is 12.5 Å². The highest BCUT2D eigenvalue weighted by atomic mass is 35.5. The second-order valence-corrected chi connectivity index (χ2v) is 3.93. The third-order valence-electron chi connectivity index (χ3n) is 2.32. The topological polar surface area (TPSA) is 26.3 Å². The van der Waals surface area contributed by atoms with E-state index in [-0.39, 0.29) is 5.56 Å². The van der Waals surface area contributed by atoms with Crippen molar-refractivity contribution < 1.29 is 22.7 Å². The van der Waals surface area contributed by atoms with E-state index in [2.05, 4.69) is 4.74 Å². The summed E-state index contributed by atoms with van der Waals surface area (Å²) in [7, 11) is 1.03. The molecule has 0 amide bonds. The summed E-state index contributed by atoms with van der Waals surface area (Å²) in [6.45, 7) is 0.834. The lowest BCUT2D eigenvalue weighted by atomic mass is 10.0. The average molecular weight is 279 g/mol. The molecule has 2 nitrogen and oxygen atoms in total. The Morgan fingerprint density at radius 3 is 2.11 bits per heavy atom. The molecule has 0 spiro atoms. The molecule has 18 heavy (non-hydrogen) atoms. The van der Waals surface area contributed by atoms with E-state index in [1.165, 1.54) is 24.3 Å². The first-order valence-electron chi connectivity index (χ1n) is 4.89. The van der Waals surface area contributed by atoms with Gasteiger partial charge in [0.2, 0.25) is 0 Å². The highest BCUT2D eigenvalue weighted by molar-refractivity contribution is 6.30. The van der Waals surface area contributed by atoms with E-state index in [1.807, 2.05) is 0 Å². The number of halogens is 4. The first kappa shape index (κ1) is 14.6. The number of hydrogen-bond acceptors (Lipinski definition) is 2. The fourth-order valence-electron chi connectivity index (χ4n) is 1.35. The summed E-state index contributed by atoms with van der Waals surface area (Å²) < 4.78 is 42.4. The van der Waals surface area contributed by atoms with Crippen molar-refractivity contribution in [1.29, 1.82) is 0 Å². The van der Waals surface area contributed by atoms with Gasteiger partial charge < -0.3 is 4.74 Å². The maximum absolute atomic E-state index is 12.7. The molecule has 0 N–H and O–H groups in total. The van der Waals surface area contributed by atoms with E-state index in [0.29, 0.717) is 5.02 Å². The molecule has 0 saturated carbocycles. The van der Waals surface area contributed by atoms with Crippen molar-refractivity contribution >= 4 is 23.1 Å². The summed E-state index contributed by atoms with van der Waals surface area (Å²) in [5, 5.41) is 0.368. The normalized spacial score (nSPS) is 13.0. The van der Waals surface area contributed by atoms with Crippen molar-refractivity contribution in [3.05, 3.63) is 40.4 Å². The van der Waals surface area contributed by atoms with Crippen LogP contribution in [0.4, 0.5) is 13.2 Å². The maximum Gasteiger partial charge on any atom is 0.413 e. The summed E-state index contributed by atoms with van der Waals surface area (Å²) in [5.74, 6) is -1.04. The Balaban J connectivity index is 3.40. The van der Waals surface area contributed by atoms with Gasteiger partial charge in [0.15, 0.2) is 0 Å². The SMILES string of the molecule is COC(=O)/C(=C(\C)C(F)(F)F)c1ccc(Cl)cc1. The van der Waals surface area contributed by atoms with Crippen molar-refractivity contribution in [2.75, 3.05) is 7.11 Å². The fraction of sp³-hybridized carbons (Fsp3) is 0.250. The monoisotopic (exact) mass is 278 g/mol. The number of allylic oxidation sites excluding steroid dienone is 1. The predicted octanol–water partition coefficient (Wildman–Crippen LogP) is 3.85. The Kier molecular flexibility index (Phi) is 4.40. The number of ether oxygens (including phenoxy) is 1. The first-order valence-corrected chi connectivity index (χ1v) is 5.27. The standard InChI is InChI=1S/C12H10ClF3O2/c1-7(12(14,15)16)10(11(17)18-2)8-3-5-9(13)6-4-8/h3-6H,1-2H3/b10-7+. The Labute approximate surface area is 107 Å². The molecule has 0 fully saturated rings. The minimum Gasteiger partial charge on any atom is -0.465 e. The Bertz CT molecular complexity index is 475. The van der Waals surface area contributed by atoms with Crippen LogP contribution in [-0.4, -0.2) is 19.3 Å². The van der Waals surface area contributed by atoms with Gasteiger partial charge in [0.1, 0.15) is 0 Å². The van der Waals surface area contributed by atoms with Crippen LogP contribution in [0, 0.1) is 0 Å². The summed E-state index contributed by atoms with van der Waals surface area (Å²) in [4.78, 5) is 11.5. The number of carbonyl (C=O) groups is 1. The van der Waals surface area contributed by atoms with Crippen LogP contribution in [0.15, 0.2) is 29.8 Å². The Hall–Kier alpha value is -1.49. The average Bonchev–Trinajstić information content (AvgIpc) is 2.30. The van der Waals surface area contributed by atoms with Crippen LogP contribution in [0.2, 0.25) is 5.02 Å². The molecular weight excluding hydrogens is 269 g/mol. The fourth-order valence-corrected chi connectivity index (χ4v) is 1.47. The van der Waals surface area contributed by atoms with Gasteiger partial charge >= 0.3 is 12.1 Å². The second kappa shape index (κ2) is 5.44. The highest BCUT2D eigenvalue weighted by Gasteiger charge is 2.35. The van der Waals surface area contributed by atoms with E-state index >= 15 is 0 Å². The molecule has 0 aliphatic carbocycles. The van der Waals surface area contributed by atoms with Gasteiger partial charge in [-0.25, -0.2) is 4.79 Å². The van der Waals surface area contributed by atoms with Crippen molar-refractivity contribution in [3.63, 3.8) is 0 Å². The predicted molar refractivity (Wildman–Crippen MR) is 62.1 cm³/mol. The molecular formula is C12H10ClF3O2. The lowest BCUT2D eigenvalue weighted by molar-refractivity contribution is -0.134. The number of hydrogen-bond donors (Lipinski definition) is 0. The van der Waals surface area contributed by atoms with Gasteiger partial charge in [-0.1, -0.05) is 23.7 Å². The molecule has 0 radical (unpaired) electrons. The third kappa shape index (κ3) is 3.26. The van der Waals surface area contributed by atoms with Gasteiger partial charge in [0, 0.05) is 10.6 Å². The molecule has 6 heteroatoms. The number of alkyl halides is 3. The molecule has 0 aromatic heterocycles. The van der Waals surface area contributed by atoms with Crippen LogP contribution >= 0.6 is 11.6 Å². The Morgan fingerprint density at radius 1 is 1.22 bits per heavy atom. The van der Waals surface area contributed by atoms with Crippen molar-refractivity contribution in [2.45, 2.75) is 13.1 Å². The van der Waals surface area contributed by atoms with E-state index in [9.17, 15) is 18.0 Å². The number of methoxy groups -OCH3 is 1. The molecule has 0 saturated heterocycles. The van der Waals surface area contributed by atoms with E-state index < -0.39 is 23.3 Å². The largest absolute Gasteiger partial charge is 0.465 e. The molecule has 1 aromatic rings. The smallest absolute Gasteiger partial charge is 0.413 e. The van der Waals surface area contributed by atoms with Crippen molar-refractivity contribution in [1.82, 2.24) is 0 Å². The van der Waals surface area contributed by atoms with E-state index in [1.54, 1.807) is 0 Å². The molecule has 98 valence electrons. The molecule has 1 aromatic carbocycles. The molecule has 0 aliphatic rings. The Morgan fingerprint density at radius 2 is 1.72 bits per heavy atom. The van der Waals surface area contributed by atoms with Gasteiger partial charge in [-0.15, -0.1) is 0 Å². The summed E-state index contributed by atoms with van der Waals surface area (Å²) in [5.41, 5.74) is -1.40. The van der Waals surface area contributed by atoms with Crippen molar-refractivity contribution in [3.8, 4) is 0 Å². The molecule has 0 bridgehead atoms. The van der Waals surface area contributed by atoms with Crippen LogP contribution in [0.3, 0.4) is 0 Å². The summed E-state index contributed by atoms with van der Waals surface area (Å²) in [6, 6.07) is 5.49. The highest BCUT2D eigenvalue weighted by Crippen LogP contribution is 2.33. The van der Waals surface area contributed by atoms with Crippen LogP contribution in [-0.2, 0) is 9.53 Å². The number of carbonyl (C=O) groups excluding carboxylic acids is 1. The zero-order chi connectivity index (χ0) is 13.9. The molecule has 0 atom stereocenters. The lowest BCUT2D eigenvalue weighted by Crippen LogP contribution is -2.16. The van der Waals surface area contributed by atoms with Crippen LogP contribution < -0.4 is 0 Å². The third-order valence-corrected chi connectivity index (χ3v) is 2.57. The zero-order valence-corrected chi connectivity index (χ0v) is 10.4. The first-order chi connectivity index (χ1) is 8.27.